The van der Waals surface area contributed by atoms with Crippen molar-refractivity contribution in [2.24, 2.45) is 0 Å². The largest absolute Gasteiger partial charge is 0.484 e. The van der Waals surface area contributed by atoms with Crippen LogP contribution in [0.1, 0.15) is 5.56 Å². The number of benzene rings is 3. The van der Waals surface area contributed by atoms with Crippen molar-refractivity contribution in [3.05, 3.63) is 82.8 Å². The normalized spacial score (nSPS) is 11.0. The lowest BCUT2D eigenvalue weighted by Gasteiger charge is -2.13. The summed E-state index contributed by atoms with van der Waals surface area (Å²) < 4.78 is 34.4. The zero-order valence-electron chi connectivity index (χ0n) is 15.6. The Kier molecular flexibility index (Phi) is 6.56. The predicted molar refractivity (Wildman–Crippen MR) is 117 cm³/mol. The van der Waals surface area contributed by atoms with Crippen molar-refractivity contribution >= 4 is 43.2 Å². The lowest BCUT2D eigenvalue weighted by molar-refractivity contribution is -0.118. The Hall–Kier alpha value is -2.84. The molecule has 6 nitrogen and oxygen atoms in total. The second kappa shape index (κ2) is 9.11. The summed E-state index contributed by atoms with van der Waals surface area (Å²) in [6, 6.07) is 20.5. The first kappa shape index (κ1) is 20.9. The molecule has 0 atom stereocenters. The van der Waals surface area contributed by atoms with Crippen LogP contribution in [0.25, 0.3) is 0 Å². The third-order valence-corrected chi connectivity index (χ3v) is 6.02. The molecule has 8 heteroatoms. The van der Waals surface area contributed by atoms with E-state index >= 15 is 0 Å². The third kappa shape index (κ3) is 5.82. The molecule has 0 heterocycles. The SMILES string of the molecule is Cc1ccc(NC(=O)COc2ccccc2)cc1S(=O)(=O)Nc1ccc(Br)cc1. The molecule has 0 spiro atoms. The summed E-state index contributed by atoms with van der Waals surface area (Å²) in [5.41, 5.74) is 1.37. The molecule has 3 rings (SSSR count). The Labute approximate surface area is 178 Å². The van der Waals surface area contributed by atoms with Crippen molar-refractivity contribution in [1.82, 2.24) is 0 Å². The van der Waals surface area contributed by atoms with Gasteiger partial charge in [0.15, 0.2) is 6.61 Å². The molecule has 0 radical (unpaired) electrons. The Balaban J connectivity index is 1.71. The number of halogens is 1. The van der Waals surface area contributed by atoms with Gasteiger partial charge < -0.3 is 10.1 Å². The Bertz CT molecular complexity index is 1100. The molecule has 0 aliphatic rings. The van der Waals surface area contributed by atoms with Gasteiger partial charge in [0.25, 0.3) is 15.9 Å². The lowest BCUT2D eigenvalue weighted by Crippen LogP contribution is -2.21. The van der Waals surface area contributed by atoms with Crippen molar-refractivity contribution in [1.29, 1.82) is 0 Å². The number of ether oxygens (including phenoxy) is 1. The molecule has 0 bridgehead atoms. The van der Waals surface area contributed by atoms with Crippen LogP contribution in [-0.2, 0) is 14.8 Å². The van der Waals surface area contributed by atoms with Gasteiger partial charge in [-0.25, -0.2) is 8.42 Å². The number of hydrogen-bond donors (Lipinski definition) is 2. The summed E-state index contributed by atoms with van der Waals surface area (Å²) in [6.07, 6.45) is 0. The second-order valence-corrected chi connectivity index (χ2v) is 8.81. The van der Waals surface area contributed by atoms with E-state index in [-0.39, 0.29) is 17.4 Å². The van der Waals surface area contributed by atoms with Crippen molar-refractivity contribution in [2.45, 2.75) is 11.8 Å². The molecule has 0 fully saturated rings. The number of nitrogens with one attached hydrogen (secondary N) is 2. The number of amides is 1. The van der Waals surface area contributed by atoms with E-state index in [1.54, 1.807) is 55.5 Å². The third-order valence-electron chi connectivity index (χ3n) is 3.97. The van der Waals surface area contributed by atoms with E-state index in [4.69, 9.17) is 4.74 Å². The van der Waals surface area contributed by atoms with Gasteiger partial charge in [-0.3, -0.25) is 9.52 Å². The van der Waals surface area contributed by atoms with Crippen LogP contribution in [0.4, 0.5) is 11.4 Å². The molecule has 0 saturated heterocycles. The van der Waals surface area contributed by atoms with E-state index in [1.807, 2.05) is 18.2 Å². The minimum Gasteiger partial charge on any atom is -0.484 e. The van der Waals surface area contributed by atoms with Crippen LogP contribution in [-0.4, -0.2) is 20.9 Å². The quantitative estimate of drug-likeness (QED) is 0.524. The molecule has 3 aromatic rings. The van der Waals surface area contributed by atoms with Crippen molar-refractivity contribution in [3.63, 3.8) is 0 Å². The van der Waals surface area contributed by atoms with Gasteiger partial charge in [-0.05, 0) is 61.0 Å². The molecule has 0 aromatic heterocycles. The molecule has 1 amide bonds. The molecule has 0 unspecified atom stereocenters. The number of para-hydroxylation sites is 1. The highest BCUT2D eigenvalue weighted by atomic mass is 79.9. The predicted octanol–water partition coefficient (Wildman–Crippen LogP) is 4.58. The van der Waals surface area contributed by atoms with Crippen molar-refractivity contribution in [2.75, 3.05) is 16.6 Å². The van der Waals surface area contributed by atoms with Gasteiger partial charge >= 0.3 is 0 Å². The molecular weight excluding hydrogens is 456 g/mol. The molecule has 0 aliphatic heterocycles. The highest BCUT2D eigenvalue weighted by molar-refractivity contribution is 9.10. The minimum atomic E-state index is -3.82. The lowest BCUT2D eigenvalue weighted by atomic mass is 10.2. The topological polar surface area (TPSA) is 84.5 Å². The summed E-state index contributed by atoms with van der Waals surface area (Å²) in [4.78, 5) is 12.2. The van der Waals surface area contributed by atoms with Crippen molar-refractivity contribution < 1.29 is 17.9 Å². The summed E-state index contributed by atoms with van der Waals surface area (Å²) in [5.74, 6) is 0.190. The Morgan fingerprint density at radius 1 is 0.966 bits per heavy atom. The first-order valence-electron chi connectivity index (χ1n) is 8.70. The maximum atomic E-state index is 12.8. The number of carbonyl (C=O) groups is 1. The highest BCUT2D eigenvalue weighted by Crippen LogP contribution is 2.24. The second-order valence-electron chi connectivity index (χ2n) is 6.24. The van der Waals surface area contributed by atoms with Crippen LogP contribution in [0.15, 0.2) is 82.2 Å². The molecule has 2 N–H and O–H groups in total. The fraction of sp³-hybridized carbons (Fsp3) is 0.0952. The van der Waals surface area contributed by atoms with E-state index in [1.165, 1.54) is 6.07 Å². The highest BCUT2D eigenvalue weighted by Gasteiger charge is 2.18. The van der Waals surface area contributed by atoms with Crippen LogP contribution in [0, 0.1) is 6.92 Å². The van der Waals surface area contributed by atoms with E-state index < -0.39 is 10.0 Å². The zero-order chi connectivity index (χ0) is 20.9. The summed E-state index contributed by atoms with van der Waals surface area (Å²) in [6.45, 7) is 1.51. The van der Waals surface area contributed by atoms with Crippen LogP contribution in [0.2, 0.25) is 0 Å². The number of aryl methyl sites for hydroxylation is 1. The Morgan fingerprint density at radius 2 is 1.62 bits per heavy atom. The number of sulfonamides is 1. The number of anilines is 2. The van der Waals surface area contributed by atoms with E-state index in [9.17, 15) is 13.2 Å². The van der Waals surface area contributed by atoms with Crippen LogP contribution in [0.3, 0.4) is 0 Å². The van der Waals surface area contributed by atoms with E-state index in [2.05, 4.69) is 26.0 Å². The van der Waals surface area contributed by atoms with Gasteiger partial charge in [-0.2, -0.15) is 0 Å². The number of carbonyl (C=O) groups excluding carboxylic acids is 1. The molecule has 29 heavy (non-hydrogen) atoms. The van der Waals surface area contributed by atoms with E-state index in [0.717, 1.165) is 4.47 Å². The summed E-state index contributed by atoms with van der Waals surface area (Å²) in [5, 5.41) is 2.66. The van der Waals surface area contributed by atoms with Gasteiger partial charge in [0.1, 0.15) is 5.75 Å². The first-order valence-corrected chi connectivity index (χ1v) is 11.0. The van der Waals surface area contributed by atoms with E-state index in [0.29, 0.717) is 22.7 Å². The van der Waals surface area contributed by atoms with Gasteiger partial charge in [-0.1, -0.05) is 40.2 Å². The molecular formula is C21H19BrN2O4S. The van der Waals surface area contributed by atoms with Crippen LogP contribution in [0.5, 0.6) is 5.75 Å². The smallest absolute Gasteiger partial charge is 0.262 e. The van der Waals surface area contributed by atoms with Crippen LogP contribution >= 0.6 is 15.9 Å². The monoisotopic (exact) mass is 474 g/mol. The standard InChI is InChI=1S/C21H19BrN2O4S/c1-15-7-10-18(23-21(25)14-28-19-5-3-2-4-6-19)13-20(15)29(26,27)24-17-11-8-16(22)9-12-17/h2-13,24H,14H2,1H3,(H,23,25). The fourth-order valence-corrected chi connectivity index (χ4v) is 4.15. The number of hydrogen-bond acceptors (Lipinski definition) is 4. The van der Waals surface area contributed by atoms with Gasteiger partial charge in [0.05, 0.1) is 4.90 Å². The molecule has 0 saturated carbocycles. The van der Waals surface area contributed by atoms with Gasteiger partial charge in [-0.15, -0.1) is 0 Å². The summed E-state index contributed by atoms with van der Waals surface area (Å²) >= 11 is 3.31. The molecule has 150 valence electrons. The summed E-state index contributed by atoms with van der Waals surface area (Å²) in [7, 11) is -3.82. The molecule has 3 aromatic carbocycles. The first-order chi connectivity index (χ1) is 13.8. The van der Waals surface area contributed by atoms with Gasteiger partial charge in [0.2, 0.25) is 0 Å². The molecule has 0 aliphatic carbocycles. The Morgan fingerprint density at radius 3 is 2.31 bits per heavy atom. The fourth-order valence-electron chi connectivity index (χ4n) is 2.56. The average Bonchev–Trinajstić information content (AvgIpc) is 2.70. The maximum absolute atomic E-state index is 12.8. The number of rotatable bonds is 7. The zero-order valence-corrected chi connectivity index (χ0v) is 18.0. The van der Waals surface area contributed by atoms with Gasteiger partial charge in [0, 0.05) is 15.8 Å². The van der Waals surface area contributed by atoms with Crippen LogP contribution < -0.4 is 14.8 Å². The van der Waals surface area contributed by atoms with Crippen molar-refractivity contribution in [3.8, 4) is 5.75 Å². The minimum absolute atomic E-state index is 0.0854. The maximum Gasteiger partial charge on any atom is 0.262 e. The average molecular weight is 475 g/mol.